The van der Waals surface area contributed by atoms with Gasteiger partial charge in [-0.25, -0.2) is 4.98 Å². The van der Waals surface area contributed by atoms with E-state index in [1.807, 2.05) is 13.1 Å². The summed E-state index contributed by atoms with van der Waals surface area (Å²) in [5, 5.41) is 2.16. The van der Waals surface area contributed by atoms with Gasteiger partial charge in [0, 0.05) is 12.4 Å². The Morgan fingerprint density at radius 3 is 3.00 bits per heavy atom. The van der Waals surface area contributed by atoms with Crippen molar-refractivity contribution < 1.29 is 4.79 Å². The molecule has 3 rings (SSSR count). The first kappa shape index (κ1) is 13.1. The van der Waals surface area contributed by atoms with E-state index in [1.165, 1.54) is 22.5 Å². The summed E-state index contributed by atoms with van der Waals surface area (Å²) in [6.45, 7) is 0. The molecule has 0 saturated carbocycles. The van der Waals surface area contributed by atoms with Crippen molar-refractivity contribution in [1.29, 1.82) is 0 Å². The lowest BCUT2D eigenvalue weighted by molar-refractivity contribution is 0.0710. The Labute approximate surface area is 122 Å². The van der Waals surface area contributed by atoms with Crippen LogP contribution in [0.25, 0.3) is 0 Å². The van der Waals surface area contributed by atoms with Crippen LogP contribution >= 0.6 is 11.3 Å². The fourth-order valence-electron chi connectivity index (χ4n) is 2.84. The van der Waals surface area contributed by atoms with Crippen LogP contribution in [-0.2, 0) is 6.42 Å². The lowest BCUT2D eigenvalue weighted by atomic mass is 9.87. The topological polar surface area (TPSA) is 59.2 Å². The van der Waals surface area contributed by atoms with Crippen LogP contribution in [0.2, 0.25) is 0 Å². The van der Waals surface area contributed by atoms with E-state index in [-0.39, 0.29) is 11.9 Å². The lowest BCUT2D eigenvalue weighted by Crippen LogP contribution is -2.33. The minimum absolute atomic E-state index is 0.0559. The highest BCUT2D eigenvalue weighted by Gasteiger charge is 2.27. The van der Waals surface area contributed by atoms with Gasteiger partial charge in [-0.1, -0.05) is 24.3 Å². The second-order valence-corrected chi connectivity index (χ2v) is 5.98. The van der Waals surface area contributed by atoms with Gasteiger partial charge in [-0.15, -0.1) is 11.3 Å². The molecule has 1 aliphatic carbocycles. The molecule has 104 valence electrons. The number of rotatable bonds is 2. The zero-order chi connectivity index (χ0) is 14.1. The first-order valence-electron chi connectivity index (χ1n) is 6.73. The summed E-state index contributed by atoms with van der Waals surface area (Å²) in [6, 6.07) is 8.51. The molecule has 2 N–H and O–H groups in total. The van der Waals surface area contributed by atoms with E-state index in [2.05, 4.69) is 23.2 Å². The number of benzene rings is 1. The molecule has 1 aliphatic rings. The predicted octanol–water partition coefficient (Wildman–Crippen LogP) is 2.87. The van der Waals surface area contributed by atoms with Gasteiger partial charge in [0.2, 0.25) is 0 Å². The monoisotopic (exact) mass is 287 g/mol. The molecule has 0 saturated heterocycles. The van der Waals surface area contributed by atoms with E-state index in [0.717, 1.165) is 19.3 Å². The van der Waals surface area contributed by atoms with Crippen molar-refractivity contribution in [1.82, 2.24) is 9.88 Å². The van der Waals surface area contributed by atoms with Crippen LogP contribution in [0.5, 0.6) is 0 Å². The number of carbonyl (C=O) groups is 1. The Morgan fingerprint density at radius 2 is 2.25 bits per heavy atom. The molecular weight excluding hydrogens is 270 g/mol. The molecule has 2 aromatic rings. The molecule has 0 aliphatic heterocycles. The molecule has 1 atom stereocenters. The highest BCUT2D eigenvalue weighted by Crippen LogP contribution is 2.34. The number of nitrogens with zero attached hydrogens (tertiary/aromatic N) is 2. The number of thiazole rings is 1. The molecule has 1 amide bonds. The van der Waals surface area contributed by atoms with Crippen molar-refractivity contribution >= 4 is 22.4 Å². The first-order chi connectivity index (χ1) is 9.66. The normalized spacial score (nSPS) is 17.6. The molecule has 1 heterocycles. The molecule has 1 aromatic carbocycles. The average Bonchev–Trinajstić information content (AvgIpc) is 2.91. The average molecular weight is 287 g/mol. The number of aryl methyl sites for hydroxylation is 1. The quantitative estimate of drug-likeness (QED) is 0.924. The van der Waals surface area contributed by atoms with Gasteiger partial charge in [0.25, 0.3) is 5.91 Å². The maximum Gasteiger partial charge on any atom is 0.273 e. The molecule has 5 heteroatoms. The second kappa shape index (κ2) is 5.25. The molecule has 0 fully saturated rings. The van der Waals surface area contributed by atoms with Crippen LogP contribution in [0.3, 0.4) is 0 Å². The van der Waals surface area contributed by atoms with Crippen LogP contribution in [0.4, 0.5) is 5.13 Å². The summed E-state index contributed by atoms with van der Waals surface area (Å²) >= 11 is 1.30. The Bertz CT molecular complexity index is 638. The summed E-state index contributed by atoms with van der Waals surface area (Å²) in [5.41, 5.74) is 8.66. The van der Waals surface area contributed by atoms with Gasteiger partial charge in [0.15, 0.2) is 5.13 Å². The highest BCUT2D eigenvalue weighted by atomic mass is 32.1. The van der Waals surface area contributed by atoms with Crippen molar-refractivity contribution in [2.45, 2.75) is 25.3 Å². The van der Waals surface area contributed by atoms with Gasteiger partial charge in [0.05, 0.1) is 6.04 Å². The summed E-state index contributed by atoms with van der Waals surface area (Å²) in [6.07, 6.45) is 3.20. The Hall–Kier alpha value is -1.88. The van der Waals surface area contributed by atoms with Crippen molar-refractivity contribution in [2.24, 2.45) is 0 Å². The van der Waals surface area contributed by atoms with Crippen LogP contribution in [-0.4, -0.2) is 22.8 Å². The summed E-state index contributed by atoms with van der Waals surface area (Å²) in [4.78, 5) is 18.4. The van der Waals surface area contributed by atoms with E-state index < -0.39 is 0 Å². The van der Waals surface area contributed by atoms with Crippen LogP contribution in [0.1, 0.15) is 40.5 Å². The number of hydrogen-bond donors (Lipinski definition) is 1. The molecular formula is C15H17N3OS. The number of amides is 1. The fraction of sp³-hybridized carbons (Fsp3) is 0.333. The third kappa shape index (κ3) is 2.29. The first-order valence-corrected chi connectivity index (χ1v) is 7.61. The van der Waals surface area contributed by atoms with E-state index in [9.17, 15) is 4.79 Å². The van der Waals surface area contributed by atoms with E-state index in [4.69, 9.17) is 5.73 Å². The van der Waals surface area contributed by atoms with Gasteiger partial charge in [-0.3, -0.25) is 4.79 Å². The molecule has 1 unspecified atom stereocenters. The van der Waals surface area contributed by atoms with Crippen LogP contribution in [0.15, 0.2) is 29.6 Å². The Morgan fingerprint density at radius 1 is 1.45 bits per heavy atom. The van der Waals surface area contributed by atoms with E-state index in [0.29, 0.717) is 10.8 Å². The standard InChI is InChI=1S/C15H17N3OS/c1-18(14(19)12-9-20-15(16)17-12)13-8-4-6-10-5-2-3-7-11(10)13/h2-3,5,7,9,13H,4,6,8H2,1H3,(H2,16,17). The van der Waals surface area contributed by atoms with Crippen molar-refractivity contribution in [3.63, 3.8) is 0 Å². The van der Waals surface area contributed by atoms with Gasteiger partial charge in [0.1, 0.15) is 5.69 Å². The minimum atomic E-state index is -0.0559. The Kier molecular flexibility index (Phi) is 3.44. The summed E-state index contributed by atoms with van der Waals surface area (Å²) in [7, 11) is 1.85. The van der Waals surface area contributed by atoms with Gasteiger partial charge >= 0.3 is 0 Å². The fourth-order valence-corrected chi connectivity index (χ4v) is 3.38. The van der Waals surface area contributed by atoms with Crippen molar-refractivity contribution in [2.75, 3.05) is 12.8 Å². The second-order valence-electron chi connectivity index (χ2n) is 5.09. The number of anilines is 1. The number of hydrogen-bond acceptors (Lipinski definition) is 4. The number of aromatic nitrogens is 1. The maximum absolute atomic E-state index is 12.5. The van der Waals surface area contributed by atoms with Crippen LogP contribution in [0, 0.1) is 0 Å². The number of carbonyl (C=O) groups excluding carboxylic acids is 1. The molecule has 0 bridgehead atoms. The van der Waals surface area contributed by atoms with E-state index >= 15 is 0 Å². The minimum Gasteiger partial charge on any atom is -0.375 e. The number of nitrogen functional groups attached to an aromatic ring is 1. The van der Waals surface area contributed by atoms with Gasteiger partial charge in [-0.05, 0) is 30.4 Å². The zero-order valence-corrected chi connectivity index (χ0v) is 12.2. The van der Waals surface area contributed by atoms with Gasteiger partial charge < -0.3 is 10.6 Å². The number of nitrogens with two attached hydrogens (primary N) is 1. The predicted molar refractivity (Wildman–Crippen MR) is 80.7 cm³/mol. The third-order valence-corrected chi connectivity index (χ3v) is 4.54. The molecule has 1 aromatic heterocycles. The lowest BCUT2D eigenvalue weighted by Gasteiger charge is -2.33. The SMILES string of the molecule is CN(C(=O)c1csc(N)n1)C1CCCc2ccccc21. The maximum atomic E-state index is 12.5. The molecule has 0 radical (unpaired) electrons. The highest BCUT2D eigenvalue weighted by molar-refractivity contribution is 7.13. The molecule has 0 spiro atoms. The van der Waals surface area contributed by atoms with Crippen molar-refractivity contribution in [3.8, 4) is 0 Å². The van der Waals surface area contributed by atoms with Crippen LogP contribution < -0.4 is 5.73 Å². The van der Waals surface area contributed by atoms with E-state index in [1.54, 1.807) is 10.3 Å². The summed E-state index contributed by atoms with van der Waals surface area (Å²) in [5.74, 6) is -0.0559. The molecule has 20 heavy (non-hydrogen) atoms. The van der Waals surface area contributed by atoms with Crippen molar-refractivity contribution in [3.05, 3.63) is 46.5 Å². The summed E-state index contributed by atoms with van der Waals surface area (Å²) < 4.78 is 0. The molecule has 4 nitrogen and oxygen atoms in total. The number of fused-ring (bicyclic) bond motifs is 1. The Balaban J connectivity index is 1.88. The van der Waals surface area contributed by atoms with Gasteiger partial charge in [-0.2, -0.15) is 0 Å². The smallest absolute Gasteiger partial charge is 0.273 e. The largest absolute Gasteiger partial charge is 0.375 e. The third-order valence-electron chi connectivity index (χ3n) is 3.87. The zero-order valence-electron chi connectivity index (χ0n) is 11.4.